The summed E-state index contributed by atoms with van der Waals surface area (Å²) in [6.07, 6.45) is 0. The van der Waals surface area contributed by atoms with Crippen LogP contribution < -0.4 is 0 Å². The third-order valence-electron chi connectivity index (χ3n) is 15.2. The highest BCUT2D eigenvalue weighted by Crippen LogP contribution is 2.47. The second kappa shape index (κ2) is 16.6. The maximum Gasteiger partial charge on any atom is 0.164 e. The molecule has 0 saturated carbocycles. The van der Waals surface area contributed by atoms with Gasteiger partial charge in [0.2, 0.25) is 0 Å². The minimum Gasteiger partial charge on any atom is -0.456 e. The third-order valence-corrected chi connectivity index (χ3v) is 15.2. The molecule has 16 rings (SSSR count). The number of aromatic nitrogens is 5. The number of hydrogen-bond acceptors (Lipinski definition) is 5. The average Bonchev–Trinajstić information content (AvgIpc) is 4.33. The van der Waals surface area contributed by atoms with Gasteiger partial charge in [-0.1, -0.05) is 170 Å². The van der Waals surface area contributed by atoms with Gasteiger partial charge in [-0.25, -0.2) is 15.0 Å². The summed E-state index contributed by atoms with van der Waals surface area (Å²) in [5, 5.41) is 8.77. The Morgan fingerprint density at radius 3 is 1.51 bits per heavy atom. The van der Waals surface area contributed by atoms with Gasteiger partial charge < -0.3 is 18.0 Å². The van der Waals surface area contributed by atoms with E-state index < -0.39 is 0 Å². The molecule has 0 amide bonds. The number of para-hydroxylation sites is 4. The van der Waals surface area contributed by atoms with Crippen molar-refractivity contribution >= 4 is 87.5 Å². The van der Waals surface area contributed by atoms with Crippen LogP contribution >= 0.6 is 0 Å². The van der Waals surface area contributed by atoms with E-state index in [0.717, 1.165) is 127 Å². The zero-order chi connectivity index (χ0) is 49.8. The Kier molecular flexibility index (Phi) is 9.20. The van der Waals surface area contributed by atoms with Crippen LogP contribution in [0.3, 0.4) is 0 Å². The van der Waals surface area contributed by atoms with E-state index in [0.29, 0.717) is 17.5 Å². The third kappa shape index (κ3) is 6.46. The van der Waals surface area contributed by atoms with Crippen molar-refractivity contribution in [2.24, 2.45) is 0 Å². The van der Waals surface area contributed by atoms with E-state index in [1.54, 1.807) is 0 Å². The topological polar surface area (TPSA) is 74.8 Å². The smallest absolute Gasteiger partial charge is 0.164 e. The molecule has 7 heteroatoms. The zero-order valence-corrected chi connectivity index (χ0v) is 40.7. The first kappa shape index (κ1) is 42.2. The molecular weight excluding hydrogens is 931 g/mol. The van der Waals surface area contributed by atoms with Crippen LogP contribution in [0.2, 0.25) is 0 Å². The van der Waals surface area contributed by atoms with Crippen LogP contribution in [0.1, 0.15) is 0 Å². The molecule has 7 nitrogen and oxygen atoms in total. The van der Waals surface area contributed by atoms with Crippen LogP contribution in [0.15, 0.2) is 258 Å². The van der Waals surface area contributed by atoms with Crippen LogP contribution in [0.25, 0.3) is 155 Å². The summed E-state index contributed by atoms with van der Waals surface area (Å²) >= 11 is 0. The molecule has 0 atom stereocenters. The first-order valence-corrected chi connectivity index (χ1v) is 25.6. The van der Waals surface area contributed by atoms with Gasteiger partial charge in [0, 0.05) is 65.5 Å². The summed E-state index contributed by atoms with van der Waals surface area (Å²) < 4.78 is 18.2. The van der Waals surface area contributed by atoms with Gasteiger partial charge in [-0.3, -0.25) is 0 Å². The van der Waals surface area contributed by atoms with Gasteiger partial charge in [0.05, 0.1) is 27.8 Å². The Bertz CT molecular complexity index is 4970. The molecule has 5 aromatic heterocycles. The molecule has 0 aliphatic carbocycles. The van der Waals surface area contributed by atoms with Crippen molar-refractivity contribution in [1.82, 2.24) is 24.1 Å². The predicted octanol–water partition coefficient (Wildman–Crippen LogP) is 18.2. The maximum atomic E-state index is 7.13. The molecule has 0 bridgehead atoms. The van der Waals surface area contributed by atoms with E-state index in [1.807, 2.05) is 60.7 Å². The molecule has 76 heavy (non-hydrogen) atoms. The number of rotatable bonds is 7. The molecule has 0 aliphatic heterocycles. The van der Waals surface area contributed by atoms with Gasteiger partial charge in [-0.2, -0.15) is 0 Å². The van der Waals surface area contributed by atoms with Crippen molar-refractivity contribution in [3.63, 3.8) is 0 Å². The summed E-state index contributed by atoms with van der Waals surface area (Å²) in [6.45, 7) is 0. The number of benzene rings is 11. The van der Waals surface area contributed by atoms with Crippen molar-refractivity contribution in [3.05, 3.63) is 249 Å². The lowest BCUT2D eigenvalue weighted by molar-refractivity contribution is 0.666. The van der Waals surface area contributed by atoms with E-state index in [-0.39, 0.29) is 0 Å². The van der Waals surface area contributed by atoms with Gasteiger partial charge in [-0.05, 0) is 101 Å². The van der Waals surface area contributed by atoms with Crippen LogP contribution in [0.5, 0.6) is 0 Å². The molecule has 16 aromatic rings. The molecule has 5 heterocycles. The van der Waals surface area contributed by atoms with E-state index >= 15 is 0 Å². The van der Waals surface area contributed by atoms with Gasteiger partial charge in [0.25, 0.3) is 0 Å². The molecule has 0 spiro atoms. The zero-order valence-electron chi connectivity index (χ0n) is 40.7. The highest BCUT2D eigenvalue weighted by molar-refractivity contribution is 6.30. The van der Waals surface area contributed by atoms with Crippen LogP contribution in [-0.4, -0.2) is 24.1 Å². The highest BCUT2D eigenvalue weighted by atomic mass is 16.3. The highest BCUT2D eigenvalue weighted by Gasteiger charge is 2.26. The Labute approximate surface area is 434 Å². The minimum atomic E-state index is 0.559. The fourth-order valence-corrected chi connectivity index (χ4v) is 11.7. The second-order valence-corrected chi connectivity index (χ2v) is 19.5. The first-order valence-electron chi connectivity index (χ1n) is 25.6. The van der Waals surface area contributed by atoms with Crippen molar-refractivity contribution in [3.8, 4) is 67.8 Å². The predicted molar refractivity (Wildman–Crippen MR) is 310 cm³/mol. The van der Waals surface area contributed by atoms with E-state index in [1.165, 1.54) is 10.8 Å². The van der Waals surface area contributed by atoms with Crippen molar-refractivity contribution in [1.29, 1.82) is 0 Å². The summed E-state index contributed by atoms with van der Waals surface area (Å²) in [5.41, 5.74) is 16.8. The molecule has 11 aromatic carbocycles. The monoisotopic (exact) mass is 971 g/mol. The van der Waals surface area contributed by atoms with Crippen LogP contribution in [0, 0.1) is 0 Å². The quantitative estimate of drug-likeness (QED) is 0.159. The van der Waals surface area contributed by atoms with Crippen LogP contribution in [-0.2, 0) is 0 Å². The Balaban J connectivity index is 0.960. The summed E-state index contributed by atoms with van der Waals surface area (Å²) in [6, 6.07) is 87.4. The van der Waals surface area contributed by atoms with Crippen molar-refractivity contribution in [2.75, 3.05) is 0 Å². The van der Waals surface area contributed by atoms with Gasteiger partial charge in [0.15, 0.2) is 23.1 Å². The van der Waals surface area contributed by atoms with Crippen molar-refractivity contribution < 1.29 is 8.83 Å². The molecule has 0 saturated heterocycles. The van der Waals surface area contributed by atoms with Crippen molar-refractivity contribution in [2.45, 2.75) is 0 Å². The van der Waals surface area contributed by atoms with Gasteiger partial charge >= 0.3 is 0 Å². The van der Waals surface area contributed by atoms with Crippen LogP contribution in [0.4, 0.5) is 0 Å². The maximum absolute atomic E-state index is 7.13. The Morgan fingerprint density at radius 1 is 0.276 bits per heavy atom. The fraction of sp³-hybridized carbons (Fsp3) is 0. The summed E-state index contributed by atoms with van der Waals surface area (Å²) in [7, 11) is 0. The number of fused-ring (bicyclic) bond motifs is 13. The molecule has 0 N–H and O–H groups in total. The SMILES string of the molecule is c1ccc(-c2ccc(-c3nc(-c4ccccc4)nc(-c4ccc(-n5c6ccc(-c7ccc8oc9ccccc9c8c7)cc6c6c7c8ccccc8n(-c8ccccc8)c7ccc65)c5oc6ccccc6c45)n3)cc2)cc1. The molecular formula is C69H41N5O2. The van der Waals surface area contributed by atoms with E-state index in [2.05, 4.69) is 197 Å². The van der Waals surface area contributed by atoms with E-state index in [4.69, 9.17) is 23.8 Å². The average molecular weight is 972 g/mol. The normalized spacial score (nSPS) is 11.9. The number of furan rings is 2. The lowest BCUT2D eigenvalue weighted by atomic mass is 9.99. The molecule has 0 aliphatic rings. The second-order valence-electron chi connectivity index (χ2n) is 19.5. The summed E-state index contributed by atoms with van der Waals surface area (Å²) in [4.78, 5) is 15.7. The standard InChI is InChI=1S/C69H41N5O2/c1-4-16-42(17-5-1)43-28-30-45(31-29-43)68-70-67(44-18-6-2-7-19-44)71-69(72-68)52-34-36-59(66-63(52)51-24-12-15-27-61(51)76-66)74-56-35-32-46(47-33-39-62-53(40-47)49-22-11-14-26-60(49)75-62)41-54(56)65-58(74)38-37-57-64(65)50-23-10-13-25-55(50)73(57)48-20-8-3-9-21-48/h1-41H. The van der Waals surface area contributed by atoms with E-state index in [9.17, 15) is 0 Å². The molecule has 0 fully saturated rings. The molecule has 0 unspecified atom stereocenters. The lowest BCUT2D eigenvalue weighted by Gasteiger charge is -2.13. The molecule has 354 valence electrons. The number of nitrogens with zero attached hydrogens (tertiary/aromatic N) is 5. The Morgan fingerprint density at radius 2 is 0.763 bits per heavy atom. The van der Waals surface area contributed by atoms with Gasteiger partial charge in [-0.15, -0.1) is 0 Å². The number of hydrogen-bond donors (Lipinski definition) is 0. The molecule has 0 radical (unpaired) electrons. The summed E-state index contributed by atoms with van der Waals surface area (Å²) in [5.74, 6) is 1.74. The van der Waals surface area contributed by atoms with Gasteiger partial charge in [0.1, 0.15) is 16.7 Å². The fourth-order valence-electron chi connectivity index (χ4n) is 11.7. The Hall–Kier alpha value is -10.4. The lowest BCUT2D eigenvalue weighted by Crippen LogP contribution is -2.01. The minimum absolute atomic E-state index is 0.559. The largest absolute Gasteiger partial charge is 0.456 e. The first-order chi connectivity index (χ1) is 37.7.